The lowest BCUT2D eigenvalue weighted by molar-refractivity contribution is -0.274. The molecule has 30 heavy (non-hydrogen) atoms. The van der Waals surface area contributed by atoms with E-state index in [1.54, 1.807) is 0 Å². The smallest absolute Gasteiger partial charge is 0.406 e. The number of sulfonamides is 1. The Morgan fingerprint density at radius 2 is 1.73 bits per heavy atom. The predicted octanol–water partition coefficient (Wildman–Crippen LogP) is 2.16. The Balaban J connectivity index is 1.54. The van der Waals surface area contributed by atoms with Gasteiger partial charge in [0.05, 0.1) is 12.3 Å². The minimum absolute atomic E-state index is 0.224. The van der Waals surface area contributed by atoms with Crippen LogP contribution in [0, 0.1) is 0 Å². The minimum Gasteiger partial charge on any atom is -0.406 e. The van der Waals surface area contributed by atoms with E-state index in [2.05, 4.69) is 9.64 Å². The van der Waals surface area contributed by atoms with E-state index in [-0.39, 0.29) is 30.6 Å². The Hall–Kier alpha value is -1.85. The van der Waals surface area contributed by atoms with Gasteiger partial charge in [-0.05, 0) is 50.2 Å². The summed E-state index contributed by atoms with van der Waals surface area (Å²) in [5.74, 6) is -0.754. The van der Waals surface area contributed by atoms with Crippen molar-refractivity contribution >= 4 is 15.9 Å². The predicted molar refractivity (Wildman–Crippen MR) is 105 cm³/mol. The van der Waals surface area contributed by atoms with Crippen LogP contribution in [-0.2, 0) is 10.0 Å². The fourth-order valence-electron chi connectivity index (χ4n) is 3.83. The van der Waals surface area contributed by atoms with Gasteiger partial charge in [0.15, 0.2) is 0 Å². The minimum atomic E-state index is -4.79. The summed E-state index contributed by atoms with van der Waals surface area (Å²) in [5, 5.41) is 0. The number of alkyl halides is 3. The van der Waals surface area contributed by atoms with Crippen molar-refractivity contribution in [2.45, 2.75) is 31.7 Å². The molecule has 2 saturated heterocycles. The first-order chi connectivity index (χ1) is 14.0. The summed E-state index contributed by atoms with van der Waals surface area (Å²) in [4.78, 5) is 16.3. The fraction of sp³-hybridized carbons (Fsp3) is 0.632. The van der Waals surface area contributed by atoms with Crippen molar-refractivity contribution < 1.29 is 31.1 Å². The van der Waals surface area contributed by atoms with E-state index < -0.39 is 22.1 Å². The molecule has 0 spiro atoms. The first kappa shape index (κ1) is 22.8. The number of nitrogens with zero attached hydrogens (tertiary/aromatic N) is 3. The van der Waals surface area contributed by atoms with Crippen molar-refractivity contribution in [1.29, 1.82) is 0 Å². The van der Waals surface area contributed by atoms with E-state index in [0.29, 0.717) is 13.1 Å². The Bertz CT molecular complexity index is 834. The summed E-state index contributed by atoms with van der Waals surface area (Å²) in [6.45, 7) is 3.51. The number of carbonyl (C=O) groups excluding carboxylic acids is 1. The average molecular weight is 449 g/mol. The van der Waals surface area contributed by atoms with Gasteiger partial charge in [0.25, 0.3) is 5.91 Å². The molecular formula is C19H26F3N3O4S. The Kier molecular flexibility index (Phi) is 6.93. The second-order valence-electron chi connectivity index (χ2n) is 7.71. The molecule has 0 saturated carbocycles. The maximum absolute atomic E-state index is 12.5. The van der Waals surface area contributed by atoms with Gasteiger partial charge in [0, 0.05) is 31.7 Å². The molecule has 0 bridgehead atoms. The Labute approximate surface area is 174 Å². The largest absolute Gasteiger partial charge is 0.573 e. The molecule has 2 aliphatic rings. The number of rotatable bonds is 7. The maximum atomic E-state index is 12.5. The highest BCUT2D eigenvalue weighted by Crippen LogP contribution is 2.25. The Morgan fingerprint density at radius 3 is 2.27 bits per heavy atom. The van der Waals surface area contributed by atoms with Crippen LogP contribution in [0.2, 0.25) is 0 Å². The molecule has 0 aromatic heterocycles. The van der Waals surface area contributed by atoms with Gasteiger partial charge in [-0.2, -0.15) is 4.31 Å². The van der Waals surface area contributed by atoms with Crippen molar-refractivity contribution in [2.75, 3.05) is 45.5 Å². The van der Waals surface area contributed by atoms with Crippen molar-refractivity contribution in [1.82, 2.24) is 14.1 Å². The zero-order valence-corrected chi connectivity index (χ0v) is 17.6. The van der Waals surface area contributed by atoms with Crippen LogP contribution in [0.1, 0.15) is 29.6 Å². The summed E-state index contributed by atoms with van der Waals surface area (Å²) in [6.07, 6.45) is -0.170. The normalized spacial score (nSPS) is 19.0. The molecule has 0 unspecified atom stereocenters. The summed E-state index contributed by atoms with van der Waals surface area (Å²) >= 11 is 0. The molecule has 0 aliphatic carbocycles. The molecule has 1 amide bonds. The highest BCUT2D eigenvalue weighted by atomic mass is 32.2. The van der Waals surface area contributed by atoms with Gasteiger partial charge in [-0.3, -0.25) is 4.79 Å². The fourth-order valence-corrected chi connectivity index (χ4v) is 4.92. The maximum Gasteiger partial charge on any atom is 0.573 e. The topological polar surface area (TPSA) is 70.2 Å². The quantitative estimate of drug-likeness (QED) is 0.638. The van der Waals surface area contributed by atoms with Crippen LogP contribution in [0.25, 0.3) is 0 Å². The van der Waals surface area contributed by atoms with Gasteiger partial charge in [-0.1, -0.05) is 6.42 Å². The van der Waals surface area contributed by atoms with E-state index >= 15 is 0 Å². The van der Waals surface area contributed by atoms with Crippen LogP contribution in [-0.4, -0.2) is 86.4 Å². The van der Waals surface area contributed by atoms with Gasteiger partial charge in [-0.25, -0.2) is 8.42 Å². The van der Waals surface area contributed by atoms with Crippen molar-refractivity contribution in [3.63, 3.8) is 0 Å². The van der Waals surface area contributed by atoms with E-state index in [9.17, 15) is 26.4 Å². The number of hydrogen-bond acceptors (Lipinski definition) is 5. The third-order valence-electron chi connectivity index (χ3n) is 5.40. The third-order valence-corrected chi connectivity index (χ3v) is 6.74. The molecule has 2 heterocycles. The van der Waals surface area contributed by atoms with Crippen LogP contribution < -0.4 is 4.74 Å². The van der Waals surface area contributed by atoms with Crippen molar-refractivity contribution in [3.05, 3.63) is 29.8 Å². The van der Waals surface area contributed by atoms with Crippen LogP contribution in [0.3, 0.4) is 0 Å². The van der Waals surface area contributed by atoms with Crippen LogP contribution in [0.5, 0.6) is 5.75 Å². The number of carbonyl (C=O) groups is 1. The molecule has 1 aromatic carbocycles. The SMILES string of the molecule is CS(=O)(=O)N(CCN1CCCCC1)C1CN(C(=O)c2ccc(OC(F)(F)F)cc2)C1. The monoisotopic (exact) mass is 449 g/mol. The van der Waals surface area contributed by atoms with Gasteiger partial charge < -0.3 is 14.5 Å². The second kappa shape index (κ2) is 9.11. The van der Waals surface area contributed by atoms with Crippen LogP contribution in [0.15, 0.2) is 24.3 Å². The molecule has 0 N–H and O–H groups in total. The number of hydrogen-bond donors (Lipinski definition) is 0. The molecule has 0 radical (unpaired) electrons. The molecular weight excluding hydrogens is 423 g/mol. The molecule has 11 heteroatoms. The lowest BCUT2D eigenvalue weighted by Gasteiger charge is -2.44. The van der Waals surface area contributed by atoms with E-state index in [1.807, 2.05) is 0 Å². The molecule has 168 valence electrons. The van der Waals surface area contributed by atoms with Crippen molar-refractivity contribution in [2.24, 2.45) is 0 Å². The standard InChI is InChI=1S/C19H26F3N3O4S/c1-30(27,28)25(12-11-23-9-3-2-4-10-23)16-13-24(14-16)18(26)15-5-7-17(8-6-15)29-19(20,21)22/h5-8,16H,2-4,9-14H2,1H3. The van der Waals surface area contributed by atoms with Crippen LogP contribution in [0.4, 0.5) is 13.2 Å². The molecule has 2 aliphatic heterocycles. The number of piperidine rings is 1. The first-order valence-corrected chi connectivity index (χ1v) is 11.7. The molecule has 2 fully saturated rings. The average Bonchev–Trinajstić information content (AvgIpc) is 2.62. The zero-order valence-electron chi connectivity index (χ0n) is 16.8. The number of halogens is 3. The summed E-state index contributed by atoms with van der Waals surface area (Å²) in [5.41, 5.74) is 0.224. The highest BCUT2D eigenvalue weighted by Gasteiger charge is 2.39. The van der Waals surface area contributed by atoms with Gasteiger partial charge in [-0.15, -0.1) is 13.2 Å². The van der Waals surface area contributed by atoms with E-state index in [1.165, 1.54) is 34.0 Å². The molecule has 3 rings (SSSR count). The van der Waals surface area contributed by atoms with Gasteiger partial charge >= 0.3 is 6.36 Å². The summed E-state index contributed by atoms with van der Waals surface area (Å²) in [6, 6.07) is 4.41. The van der Waals surface area contributed by atoms with E-state index in [4.69, 9.17) is 0 Å². The number of ether oxygens (including phenoxy) is 1. The van der Waals surface area contributed by atoms with Crippen molar-refractivity contribution in [3.8, 4) is 5.75 Å². The lowest BCUT2D eigenvalue weighted by atomic mass is 10.1. The van der Waals surface area contributed by atoms with Gasteiger partial charge in [0.1, 0.15) is 5.75 Å². The Morgan fingerprint density at radius 1 is 1.13 bits per heavy atom. The molecule has 1 aromatic rings. The zero-order chi connectivity index (χ0) is 21.9. The molecule has 0 atom stereocenters. The number of benzene rings is 1. The molecule has 7 nitrogen and oxygen atoms in total. The lowest BCUT2D eigenvalue weighted by Crippen LogP contribution is -2.62. The second-order valence-corrected chi connectivity index (χ2v) is 9.65. The van der Waals surface area contributed by atoms with E-state index in [0.717, 1.165) is 38.1 Å². The summed E-state index contributed by atoms with van der Waals surface area (Å²) < 4.78 is 66.4. The highest BCUT2D eigenvalue weighted by molar-refractivity contribution is 7.88. The third kappa shape index (κ3) is 6.08. The van der Waals surface area contributed by atoms with Crippen LogP contribution >= 0.6 is 0 Å². The number of likely N-dealkylation sites (tertiary alicyclic amines) is 2. The first-order valence-electron chi connectivity index (χ1n) is 9.87. The summed E-state index contributed by atoms with van der Waals surface area (Å²) in [7, 11) is -3.42. The number of amides is 1. The van der Waals surface area contributed by atoms with Gasteiger partial charge in [0.2, 0.25) is 10.0 Å².